The third kappa shape index (κ3) is 3.88. The summed E-state index contributed by atoms with van der Waals surface area (Å²) in [7, 11) is 2.03. The highest BCUT2D eigenvalue weighted by molar-refractivity contribution is 7.09. The van der Waals surface area contributed by atoms with Gasteiger partial charge < -0.3 is 9.84 Å². The third-order valence-electron chi connectivity index (χ3n) is 4.64. The van der Waals surface area contributed by atoms with Crippen LogP contribution in [0.5, 0.6) is 0 Å². The van der Waals surface area contributed by atoms with E-state index in [1.54, 1.807) is 0 Å². The topological polar surface area (TPSA) is 47.9 Å². The molecule has 0 aromatic heterocycles. The van der Waals surface area contributed by atoms with Crippen LogP contribution in [0, 0.1) is 17.3 Å². The highest BCUT2D eigenvalue weighted by atomic mass is 31.0. The molecule has 0 aliphatic heterocycles. The van der Waals surface area contributed by atoms with Crippen LogP contribution in [-0.2, 0) is 14.3 Å². The normalized spacial score (nSPS) is 32.7. The molecule has 0 spiro atoms. The fourth-order valence-electron chi connectivity index (χ4n) is 3.29. The summed E-state index contributed by atoms with van der Waals surface area (Å²) in [5.74, 6) is 0.992. The number of ether oxygens (including phenoxy) is 1. The Balaban J connectivity index is 1.67. The molecule has 3 fully saturated rings. The highest BCUT2D eigenvalue weighted by Crippen LogP contribution is 2.50. The predicted octanol–water partition coefficient (Wildman–Crippen LogP) is 2.32. The Morgan fingerprint density at radius 3 is 2.39 bits per heavy atom. The Morgan fingerprint density at radius 2 is 1.83 bits per heavy atom. The molecule has 0 aromatic rings. The maximum atomic E-state index is 9.20. The van der Waals surface area contributed by atoms with Gasteiger partial charge in [-0.05, 0) is 49.9 Å². The lowest BCUT2D eigenvalue weighted by Gasteiger charge is -2.46. The molecule has 5 heteroatoms. The van der Waals surface area contributed by atoms with E-state index in [9.17, 15) is 5.11 Å². The standard InChI is InChI=1S/C13H25O4P/c14-7-12(9-16-17-18)8-15-10-13-4-1-11(2-5-13)3-6-13/h11-12,14H,1-10,18H2. The molecule has 1 N–H and O–H groups in total. The van der Waals surface area contributed by atoms with Crippen LogP contribution in [0.25, 0.3) is 0 Å². The molecule has 3 rings (SSSR count). The quantitative estimate of drug-likeness (QED) is 0.420. The number of fused-ring (bicyclic) bond motifs is 3. The molecule has 2 bridgehead atoms. The highest BCUT2D eigenvalue weighted by Gasteiger charge is 2.40. The molecular weight excluding hydrogens is 251 g/mol. The maximum absolute atomic E-state index is 9.20. The summed E-state index contributed by atoms with van der Waals surface area (Å²) < 4.78 is 10.3. The zero-order chi connectivity index (χ0) is 12.8. The first kappa shape index (κ1) is 14.7. The number of hydrogen-bond donors (Lipinski definition) is 1. The van der Waals surface area contributed by atoms with E-state index < -0.39 is 0 Å². The summed E-state index contributed by atoms with van der Waals surface area (Å²) in [5.41, 5.74) is 0.437. The van der Waals surface area contributed by atoms with E-state index in [2.05, 4.69) is 4.67 Å². The first-order valence-electron chi connectivity index (χ1n) is 6.95. The third-order valence-corrected chi connectivity index (χ3v) is 4.78. The van der Waals surface area contributed by atoms with Crippen molar-refractivity contribution in [2.75, 3.05) is 26.4 Å². The Morgan fingerprint density at radius 1 is 1.17 bits per heavy atom. The van der Waals surface area contributed by atoms with E-state index in [-0.39, 0.29) is 12.5 Å². The molecule has 3 saturated carbocycles. The fourth-order valence-corrected chi connectivity index (χ4v) is 3.37. The van der Waals surface area contributed by atoms with Gasteiger partial charge >= 0.3 is 0 Å². The average molecular weight is 276 g/mol. The molecular formula is C13H25O4P. The summed E-state index contributed by atoms with van der Waals surface area (Å²) in [6.07, 6.45) is 8.14. The SMILES string of the molecule is OCC(COCC12CCC(CC1)CC2)COOP. The van der Waals surface area contributed by atoms with E-state index in [4.69, 9.17) is 9.62 Å². The van der Waals surface area contributed by atoms with Gasteiger partial charge in [-0.15, -0.1) is 0 Å². The van der Waals surface area contributed by atoms with Gasteiger partial charge in [-0.3, -0.25) is 0 Å². The predicted molar refractivity (Wildman–Crippen MR) is 71.8 cm³/mol. The summed E-state index contributed by atoms with van der Waals surface area (Å²) in [6, 6.07) is 0. The van der Waals surface area contributed by atoms with Crippen molar-refractivity contribution >= 4 is 9.47 Å². The first-order chi connectivity index (χ1) is 8.78. The van der Waals surface area contributed by atoms with E-state index in [1.807, 2.05) is 9.47 Å². The van der Waals surface area contributed by atoms with Crippen LogP contribution in [0.15, 0.2) is 0 Å². The fraction of sp³-hybridized carbons (Fsp3) is 1.00. The summed E-state index contributed by atoms with van der Waals surface area (Å²) in [4.78, 5) is 4.81. The minimum Gasteiger partial charge on any atom is -0.396 e. The van der Waals surface area contributed by atoms with Gasteiger partial charge in [0.2, 0.25) is 0 Å². The average Bonchev–Trinajstić information content (AvgIpc) is 2.44. The molecule has 2 atom stereocenters. The van der Waals surface area contributed by atoms with Crippen molar-refractivity contribution in [2.45, 2.75) is 38.5 Å². The molecule has 3 aliphatic rings. The maximum Gasteiger partial charge on any atom is 0.0897 e. The van der Waals surface area contributed by atoms with Gasteiger partial charge in [0, 0.05) is 15.4 Å². The second kappa shape index (κ2) is 7.16. The van der Waals surface area contributed by atoms with Crippen LogP contribution in [0.3, 0.4) is 0 Å². The van der Waals surface area contributed by atoms with Crippen molar-refractivity contribution in [1.29, 1.82) is 0 Å². The van der Waals surface area contributed by atoms with Gasteiger partial charge in [0.1, 0.15) is 0 Å². The molecule has 0 amide bonds. The van der Waals surface area contributed by atoms with Crippen LogP contribution < -0.4 is 0 Å². The number of aliphatic hydroxyl groups excluding tert-OH is 1. The zero-order valence-corrected chi connectivity index (χ0v) is 12.1. The van der Waals surface area contributed by atoms with Gasteiger partial charge in [-0.25, -0.2) is 9.56 Å². The van der Waals surface area contributed by atoms with Crippen molar-refractivity contribution in [3.05, 3.63) is 0 Å². The lowest BCUT2D eigenvalue weighted by molar-refractivity contribution is -0.210. The molecule has 18 heavy (non-hydrogen) atoms. The Bertz CT molecular complexity index is 227. The first-order valence-corrected chi connectivity index (χ1v) is 7.42. The van der Waals surface area contributed by atoms with Gasteiger partial charge in [-0.1, -0.05) is 0 Å². The van der Waals surface area contributed by atoms with Gasteiger partial charge in [0.05, 0.1) is 26.4 Å². The molecule has 4 nitrogen and oxygen atoms in total. The van der Waals surface area contributed by atoms with Crippen molar-refractivity contribution in [3.63, 3.8) is 0 Å². The van der Waals surface area contributed by atoms with Crippen molar-refractivity contribution < 1.29 is 19.4 Å². The van der Waals surface area contributed by atoms with Crippen LogP contribution >= 0.6 is 9.47 Å². The lowest BCUT2D eigenvalue weighted by atomic mass is 9.61. The van der Waals surface area contributed by atoms with Crippen molar-refractivity contribution in [2.24, 2.45) is 17.3 Å². The smallest absolute Gasteiger partial charge is 0.0897 e. The van der Waals surface area contributed by atoms with Crippen LogP contribution in [0.2, 0.25) is 0 Å². The summed E-state index contributed by atoms with van der Waals surface area (Å²) in [5, 5.41) is 9.20. The van der Waals surface area contributed by atoms with Crippen LogP contribution in [-0.4, -0.2) is 31.5 Å². The van der Waals surface area contributed by atoms with Crippen molar-refractivity contribution in [1.82, 2.24) is 0 Å². The molecule has 3 aliphatic carbocycles. The van der Waals surface area contributed by atoms with E-state index in [0.717, 1.165) is 12.5 Å². The minimum absolute atomic E-state index is 0.00174. The zero-order valence-electron chi connectivity index (χ0n) is 11.0. The van der Waals surface area contributed by atoms with E-state index >= 15 is 0 Å². The van der Waals surface area contributed by atoms with E-state index in [1.165, 1.54) is 38.5 Å². The Labute approximate surface area is 112 Å². The molecule has 2 unspecified atom stereocenters. The van der Waals surface area contributed by atoms with E-state index in [0.29, 0.717) is 18.6 Å². The number of hydrogen-bond acceptors (Lipinski definition) is 4. The number of rotatable bonds is 8. The van der Waals surface area contributed by atoms with Crippen LogP contribution in [0.4, 0.5) is 0 Å². The minimum atomic E-state index is 0.00174. The summed E-state index contributed by atoms with van der Waals surface area (Å²) in [6.45, 7) is 1.84. The van der Waals surface area contributed by atoms with Crippen LogP contribution in [0.1, 0.15) is 38.5 Å². The van der Waals surface area contributed by atoms with Crippen molar-refractivity contribution in [3.8, 4) is 0 Å². The Hall–Kier alpha value is 0.270. The van der Waals surface area contributed by atoms with Gasteiger partial charge in [0.25, 0.3) is 0 Å². The van der Waals surface area contributed by atoms with Gasteiger partial charge in [-0.2, -0.15) is 0 Å². The van der Waals surface area contributed by atoms with Gasteiger partial charge in [0.15, 0.2) is 0 Å². The molecule has 0 aromatic carbocycles. The lowest BCUT2D eigenvalue weighted by Crippen LogP contribution is -2.38. The number of aliphatic hydroxyl groups is 1. The molecule has 0 radical (unpaired) electrons. The molecule has 0 heterocycles. The monoisotopic (exact) mass is 276 g/mol. The molecule has 0 saturated heterocycles. The summed E-state index contributed by atoms with van der Waals surface area (Å²) >= 11 is 0. The second-order valence-corrected chi connectivity index (χ2v) is 6.12. The Kier molecular flexibility index (Phi) is 5.84. The second-order valence-electron chi connectivity index (χ2n) is 5.93. The largest absolute Gasteiger partial charge is 0.396 e. The molecule has 106 valence electrons.